The maximum Gasteiger partial charge on any atom is 0.0924 e. The van der Waals surface area contributed by atoms with Crippen LogP contribution in [0.1, 0.15) is 20.8 Å². The van der Waals surface area contributed by atoms with Crippen molar-refractivity contribution >= 4 is 27.5 Å². The number of hydrogen-bond acceptors (Lipinski definition) is 1. The Morgan fingerprint density at radius 2 is 1.79 bits per heavy atom. The van der Waals surface area contributed by atoms with Crippen molar-refractivity contribution in [1.82, 2.24) is 0 Å². The van der Waals surface area contributed by atoms with Crippen LogP contribution in [0.2, 0.25) is 0 Å². The first-order chi connectivity index (χ1) is 8.90. The summed E-state index contributed by atoms with van der Waals surface area (Å²) in [5.74, 6) is 0.848. The first-order valence-corrected chi connectivity index (χ1v) is 7.01. The molecule has 0 fully saturated rings. The van der Waals surface area contributed by atoms with Crippen molar-refractivity contribution in [1.29, 1.82) is 0 Å². The average molecular weight is 344 g/mol. The molecule has 0 bridgehead atoms. The van der Waals surface area contributed by atoms with Gasteiger partial charge in [0.2, 0.25) is 0 Å². The highest BCUT2D eigenvalue weighted by Gasteiger charge is 1.92. The first kappa shape index (κ1) is 18.0. The highest BCUT2D eigenvalue weighted by Crippen LogP contribution is 2.18. The number of ether oxygens (including phenoxy) is 1. The molecule has 0 aliphatic heterocycles. The fourth-order valence-corrected chi connectivity index (χ4v) is 1.33. The monoisotopic (exact) mass is 342 g/mol. The molecule has 0 saturated carbocycles. The molecule has 0 atom stereocenters. The summed E-state index contributed by atoms with van der Waals surface area (Å²) in [6.07, 6.45) is 11.5. The van der Waals surface area contributed by atoms with E-state index in [1.807, 2.05) is 51.2 Å². The normalized spacial score (nSPS) is 15.6. The van der Waals surface area contributed by atoms with Crippen molar-refractivity contribution in [2.45, 2.75) is 20.8 Å². The zero-order chi connectivity index (χ0) is 14.8. The van der Waals surface area contributed by atoms with E-state index < -0.39 is 0 Å². The van der Waals surface area contributed by atoms with Crippen LogP contribution in [0.5, 0.6) is 0 Å². The van der Waals surface area contributed by atoms with Gasteiger partial charge < -0.3 is 4.74 Å². The van der Waals surface area contributed by atoms with Crippen LogP contribution in [0.25, 0.3) is 0 Å². The lowest BCUT2D eigenvalue weighted by molar-refractivity contribution is 0.294. The predicted octanol–water partition coefficient (Wildman–Crippen LogP) is 6.02. The number of methoxy groups -OCH3 is 1. The summed E-state index contributed by atoms with van der Waals surface area (Å²) in [7, 11) is 1.65. The van der Waals surface area contributed by atoms with E-state index in [0.717, 1.165) is 21.4 Å². The topological polar surface area (TPSA) is 9.23 Å². The van der Waals surface area contributed by atoms with Gasteiger partial charge in [0, 0.05) is 4.48 Å². The number of hydrogen-bond donors (Lipinski definition) is 0. The predicted molar refractivity (Wildman–Crippen MR) is 89.4 cm³/mol. The first-order valence-electron chi connectivity index (χ1n) is 5.84. The molecule has 19 heavy (non-hydrogen) atoms. The Morgan fingerprint density at radius 1 is 1.16 bits per heavy atom. The van der Waals surface area contributed by atoms with Crippen molar-refractivity contribution in [3.63, 3.8) is 0 Å². The van der Waals surface area contributed by atoms with Gasteiger partial charge in [0.1, 0.15) is 0 Å². The molecule has 0 aromatic carbocycles. The number of rotatable bonds is 6. The van der Waals surface area contributed by atoms with Crippen LogP contribution in [0.4, 0.5) is 0 Å². The average Bonchev–Trinajstić information content (AvgIpc) is 2.38. The molecule has 0 unspecified atom stereocenters. The number of halogens is 2. The standard InChI is InChI=1S/C16H20BrClO/c1-6-15(10-8-13(3)19-5)9-7-12(2)11-16(18)14(4)17/h6-11H,1H2,2-5H3/b9-7+,12-11+,13-8+,15-10+,16-14-. The van der Waals surface area contributed by atoms with Crippen molar-refractivity contribution in [2.75, 3.05) is 7.11 Å². The van der Waals surface area contributed by atoms with Crippen LogP contribution in [0.15, 0.2) is 69.5 Å². The van der Waals surface area contributed by atoms with Crippen LogP contribution in [-0.4, -0.2) is 7.11 Å². The Balaban J connectivity index is 4.96. The summed E-state index contributed by atoms with van der Waals surface area (Å²) in [6.45, 7) is 9.58. The zero-order valence-corrected chi connectivity index (χ0v) is 14.2. The molecule has 0 saturated heterocycles. The van der Waals surface area contributed by atoms with E-state index in [1.165, 1.54) is 0 Å². The Hall–Kier alpha value is -0.990. The van der Waals surface area contributed by atoms with Crippen LogP contribution >= 0.6 is 27.5 Å². The van der Waals surface area contributed by atoms with Gasteiger partial charge in [-0.25, -0.2) is 0 Å². The molecule has 104 valence electrons. The third-order valence-corrected chi connectivity index (χ3v) is 3.34. The lowest BCUT2D eigenvalue weighted by Crippen LogP contribution is -1.78. The summed E-state index contributed by atoms with van der Waals surface area (Å²) < 4.78 is 5.98. The van der Waals surface area contributed by atoms with Gasteiger partial charge in [-0.05, 0) is 44.1 Å². The maximum atomic E-state index is 6.04. The lowest BCUT2D eigenvalue weighted by Gasteiger charge is -1.97. The van der Waals surface area contributed by atoms with Crippen LogP contribution in [-0.2, 0) is 4.74 Å². The smallest absolute Gasteiger partial charge is 0.0924 e. The molecular weight excluding hydrogens is 324 g/mol. The van der Waals surface area contributed by atoms with E-state index in [-0.39, 0.29) is 0 Å². The van der Waals surface area contributed by atoms with Gasteiger partial charge >= 0.3 is 0 Å². The zero-order valence-electron chi connectivity index (χ0n) is 11.8. The summed E-state index contributed by atoms with van der Waals surface area (Å²) in [5, 5.41) is 0.696. The molecule has 0 N–H and O–H groups in total. The van der Waals surface area contributed by atoms with Crippen molar-refractivity contribution in [3.05, 3.63) is 69.5 Å². The minimum absolute atomic E-state index is 0.696. The van der Waals surface area contributed by atoms with Gasteiger partial charge in [-0.1, -0.05) is 58.4 Å². The summed E-state index contributed by atoms with van der Waals surface area (Å²) in [5.41, 5.74) is 2.06. The highest BCUT2D eigenvalue weighted by atomic mass is 79.9. The van der Waals surface area contributed by atoms with E-state index >= 15 is 0 Å². The van der Waals surface area contributed by atoms with Gasteiger partial charge in [0.25, 0.3) is 0 Å². The second-order valence-electron chi connectivity index (χ2n) is 3.96. The van der Waals surface area contributed by atoms with Gasteiger partial charge in [-0.15, -0.1) is 0 Å². The highest BCUT2D eigenvalue weighted by molar-refractivity contribution is 9.11. The third-order valence-electron chi connectivity index (χ3n) is 2.29. The van der Waals surface area contributed by atoms with E-state index in [0.29, 0.717) is 5.03 Å². The lowest BCUT2D eigenvalue weighted by atomic mass is 10.1. The van der Waals surface area contributed by atoms with Crippen LogP contribution < -0.4 is 0 Å². The van der Waals surface area contributed by atoms with E-state index in [4.69, 9.17) is 16.3 Å². The van der Waals surface area contributed by atoms with Gasteiger partial charge in [0.05, 0.1) is 17.9 Å². The molecular formula is C16H20BrClO. The molecule has 0 radical (unpaired) electrons. The molecule has 0 spiro atoms. The Morgan fingerprint density at radius 3 is 2.26 bits per heavy atom. The van der Waals surface area contributed by atoms with Gasteiger partial charge in [0.15, 0.2) is 0 Å². The molecule has 0 aliphatic rings. The fraction of sp³-hybridized carbons (Fsp3) is 0.250. The molecule has 0 aromatic heterocycles. The minimum atomic E-state index is 0.696. The van der Waals surface area contributed by atoms with Crippen LogP contribution in [0.3, 0.4) is 0 Å². The van der Waals surface area contributed by atoms with Crippen molar-refractivity contribution in [2.24, 2.45) is 0 Å². The quantitative estimate of drug-likeness (QED) is 0.423. The molecule has 3 heteroatoms. The Kier molecular flexibility index (Phi) is 9.36. The Bertz CT molecular complexity index is 461. The molecule has 0 aromatic rings. The summed E-state index contributed by atoms with van der Waals surface area (Å²) in [4.78, 5) is 0. The fourth-order valence-electron chi connectivity index (χ4n) is 1.05. The molecule has 0 amide bonds. The molecule has 0 heterocycles. The molecule has 0 rings (SSSR count). The van der Waals surface area contributed by atoms with Gasteiger partial charge in [-0.2, -0.15) is 0 Å². The summed E-state index contributed by atoms with van der Waals surface area (Å²) >= 11 is 9.38. The van der Waals surface area contributed by atoms with Crippen molar-refractivity contribution < 1.29 is 4.74 Å². The maximum absolute atomic E-state index is 6.04. The van der Waals surface area contributed by atoms with Gasteiger partial charge in [-0.3, -0.25) is 0 Å². The summed E-state index contributed by atoms with van der Waals surface area (Å²) in [6, 6.07) is 0. The van der Waals surface area contributed by atoms with E-state index in [1.54, 1.807) is 13.2 Å². The van der Waals surface area contributed by atoms with E-state index in [2.05, 4.69) is 22.5 Å². The van der Waals surface area contributed by atoms with Crippen LogP contribution in [0, 0.1) is 0 Å². The Labute approximate surface area is 129 Å². The second-order valence-corrected chi connectivity index (χ2v) is 5.55. The SMILES string of the molecule is C=CC(/C=C/C(C)=C/C(Cl)=C(\C)Br)=C\C=C(/C)OC. The molecule has 0 aliphatic carbocycles. The van der Waals surface area contributed by atoms with E-state index in [9.17, 15) is 0 Å². The van der Waals surface area contributed by atoms with Crippen molar-refractivity contribution in [3.8, 4) is 0 Å². The second kappa shape index (κ2) is 9.88. The third kappa shape index (κ3) is 8.68. The molecule has 1 nitrogen and oxygen atoms in total. The largest absolute Gasteiger partial charge is 0.501 e. The number of allylic oxidation sites excluding steroid dienone is 11. The minimum Gasteiger partial charge on any atom is -0.501 e.